The van der Waals surface area contributed by atoms with Crippen molar-refractivity contribution in [3.8, 4) is 11.5 Å². The molecule has 0 saturated carbocycles. The summed E-state index contributed by atoms with van der Waals surface area (Å²) in [6, 6.07) is 6.50. The Morgan fingerprint density at radius 1 is 1.26 bits per heavy atom. The van der Waals surface area contributed by atoms with E-state index in [0.29, 0.717) is 17.9 Å². The van der Waals surface area contributed by atoms with Crippen LogP contribution in [0.1, 0.15) is 18.5 Å². The number of nitrogens with zero attached hydrogens (tertiary/aromatic N) is 2. The van der Waals surface area contributed by atoms with E-state index in [1.165, 1.54) is 17.3 Å². The second-order valence-corrected chi connectivity index (χ2v) is 6.87. The van der Waals surface area contributed by atoms with Crippen molar-refractivity contribution in [1.82, 2.24) is 4.90 Å². The lowest BCUT2D eigenvalue weighted by Crippen LogP contribution is -2.45. The summed E-state index contributed by atoms with van der Waals surface area (Å²) in [5.41, 5.74) is 12.9. The highest BCUT2D eigenvalue weighted by atomic mass is 32.2. The average molecular weight is 335 g/mol. The molecular weight excluding hydrogens is 312 g/mol. The zero-order valence-corrected chi connectivity index (χ0v) is 14.1. The summed E-state index contributed by atoms with van der Waals surface area (Å²) in [5.74, 6) is 1.66. The highest BCUT2D eigenvalue weighted by Gasteiger charge is 2.25. The monoisotopic (exact) mass is 335 g/mol. The van der Waals surface area contributed by atoms with Gasteiger partial charge in [0.1, 0.15) is 0 Å². The number of ether oxygens (including phenoxy) is 2. The smallest absolute Gasteiger partial charge is 0.310 e. The van der Waals surface area contributed by atoms with E-state index >= 15 is 0 Å². The van der Waals surface area contributed by atoms with E-state index in [9.17, 15) is 0 Å². The Morgan fingerprint density at radius 3 is 2.65 bits per heavy atom. The number of hydrogen-bond donors (Lipinski definition) is 2. The molecule has 0 bridgehead atoms. The van der Waals surface area contributed by atoms with Crippen molar-refractivity contribution in [3.63, 3.8) is 0 Å². The van der Waals surface area contributed by atoms with Gasteiger partial charge in [-0.05, 0) is 24.6 Å². The van der Waals surface area contributed by atoms with E-state index in [-0.39, 0.29) is 0 Å². The predicted octanol–water partition coefficient (Wildman–Crippen LogP) is 1.28. The van der Waals surface area contributed by atoms with Crippen LogP contribution in [0.25, 0.3) is 0 Å². The number of piperazine rings is 1. The Kier molecular flexibility index (Phi) is 4.68. The Hall–Kier alpha value is -1.86. The molecule has 0 amide bonds. The van der Waals surface area contributed by atoms with Gasteiger partial charge in [-0.25, -0.2) is 0 Å². The van der Waals surface area contributed by atoms with Gasteiger partial charge in [-0.2, -0.15) is 0 Å². The van der Waals surface area contributed by atoms with E-state index in [1.54, 1.807) is 0 Å². The topological polar surface area (TPSA) is 76.8 Å². The van der Waals surface area contributed by atoms with Crippen LogP contribution < -0.4 is 20.9 Å². The maximum atomic E-state index is 6.06. The fourth-order valence-corrected chi connectivity index (χ4v) is 3.49. The number of thioether (sulfide) groups is 1. The van der Waals surface area contributed by atoms with Gasteiger partial charge in [0.2, 0.25) is 6.79 Å². The van der Waals surface area contributed by atoms with Crippen LogP contribution in [0.15, 0.2) is 29.8 Å². The number of fused-ring (bicyclic) bond motifs is 1. The van der Waals surface area contributed by atoms with Crippen LogP contribution in [0.2, 0.25) is 0 Å². The third-order valence-corrected chi connectivity index (χ3v) is 5.02. The Bertz CT molecular complexity index is 637. The minimum absolute atomic E-state index is 0.311. The molecule has 0 spiro atoms. The van der Waals surface area contributed by atoms with Gasteiger partial charge in [-0.3, -0.25) is 15.2 Å². The van der Waals surface area contributed by atoms with Crippen LogP contribution in [0.3, 0.4) is 0 Å². The van der Waals surface area contributed by atoms with E-state index in [2.05, 4.69) is 35.1 Å². The zero-order valence-electron chi connectivity index (χ0n) is 13.3. The van der Waals surface area contributed by atoms with Crippen molar-refractivity contribution in [2.24, 2.45) is 11.5 Å². The molecule has 0 radical (unpaired) electrons. The molecule has 4 N–H and O–H groups in total. The third-order valence-electron chi connectivity index (χ3n) is 4.29. The van der Waals surface area contributed by atoms with Gasteiger partial charge in [0.15, 0.2) is 11.5 Å². The van der Waals surface area contributed by atoms with E-state index in [4.69, 9.17) is 20.9 Å². The summed E-state index contributed by atoms with van der Waals surface area (Å²) in [7, 11) is 0. The molecule has 23 heavy (non-hydrogen) atoms. The summed E-state index contributed by atoms with van der Waals surface area (Å²) >= 11 is 1.34. The molecule has 1 aromatic carbocycles. The lowest BCUT2D eigenvalue weighted by molar-refractivity contribution is -0.538. The molecule has 1 saturated heterocycles. The molecule has 1 atom stereocenters. The van der Waals surface area contributed by atoms with Crippen LogP contribution in [-0.2, 0) is 0 Å². The van der Waals surface area contributed by atoms with Gasteiger partial charge in [-0.1, -0.05) is 12.6 Å². The van der Waals surface area contributed by atoms with Crippen molar-refractivity contribution < 1.29 is 14.0 Å². The van der Waals surface area contributed by atoms with Crippen LogP contribution >= 0.6 is 11.8 Å². The molecular formula is C16H23N4O2S+. The predicted molar refractivity (Wildman–Crippen MR) is 92.7 cm³/mol. The highest BCUT2D eigenvalue weighted by Crippen LogP contribution is 2.35. The molecule has 0 aliphatic carbocycles. The van der Waals surface area contributed by atoms with E-state index in [1.807, 2.05) is 6.07 Å². The first kappa shape index (κ1) is 16.0. The maximum Gasteiger partial charge on any atom is 0.310 e. The molecule has 3 rings (SSSR count). The molecule has 6 nitrogen and oxygen atoms in total. The molecule has 124 valence electrons. The standard InChI is InChI=1S/C16H22N4O2S/c1-11(13-3-4-14-15(9-13)22-10-21-14)19-5-7-20(8-6-19)16(18)23-12(2)17/h3-4,9,11,18H,2,5-8,10,17H2,1H3/p+1/t11-/m0/s1. The second kappa shape index (κ2) is 6.72. The maximum absolute atomic E-state index is 6.06. The summed E-state index contributed by atoms with van der Waals surface area (Å²) in [6.45, 7) is 9.90. The number of hydrogen-bond acceptors (Lipinski definition) is 5. The zero-order chi connectivity index (χ0) is 16.4. The van der Waals surface area contributed by atoms with Gasteiger partial charge < -0.3 is 15.2 Å². The van der Waals surface area contributed by atoms with Gasteiger partial charge in [0.05, 0.1) is 18.1 Å². The third kappa shape index (κ3) is 3.56. The van der Waals surface area contributed by atoms with Crippen molar-refractivity contribution >= 4 is 16.9 Å². The average Bonchev–Trinajstić information content (AvgIpc) is 3.01. The normalized spacial score (nSPS) is 18.7. The van der Waals surface area contributed by atoms with Gasteiger partial charge in [0.25, 0.3) is 0 Å². The van der Waals surface area contributed by atoms with Crippen molar-refractivity contribution in [2.45, 2.75) is 13.0 Å². The molecule has 0 aromatic heterocycles. The van der Waals surface area contributed by atoms with Crippen molar-refractivity contribution in [1.29, 1.82) is 0 Å². The van der Waals surface area contributed by atoms with E-state index < -0.39 is 0 Å². The minimum Gasteiger partial charge on any atom is -0.454 e. The molecule has 2 aliphatic rings. The molecule has 2 heterocycles. The number of rotatable bonds is 3. The fourth-order valence-electron chi connectivity index (χ4n) is 2.91. The summed E-state index contributed by atoms with van der Waals surface area (Å²) in [6.07, 6.45) is 0. The SMILES string of the molecule is C=C(N)SC(N)=[N+]1CCN([C@@H](C)c2ccc3c(c2)OCO3)CC1. The first-order valence-corrected chi connectivity index (χ1v) is 8.49. The van der Waals surface area contributed by atoms with Gasteiger partial charge in [0, 0.05) is 30.9 Å². The lowest BCUT2D eigenvalue weighted by atomic mass is 10.1. The van der Waals surface area contributed by atoms with Crippen molar-refractivity contribution in [3.05, 3.63) is 35.4 Å². The van der Waals surface area contributed by atoms with Gasteiger partial charge in [-0.15, -0.1) is 0 Å². The molecule has 2 aliphatic heterocycles. The Balaban J connectivity index is 1.64. The summed E-state index contributed by atoms with van der Waals surface area (Å²) in [5, 5.41) is 1.26. The van der Waals surface area contributed by atoms with E-state index in [0.717, 1.165) is 42.8 Å². The van der Waals surface area contributed by atoms with Crippen LogP contribution in [0.5, 0.6) is 11.5 Å². The lowest BCUT2D eigenvalue weighted by Gasteiger charge is -2.33. The highest BCUT2D eigenvalue weighted by molar-refractivity contribution is 8.16. The first-order chi connectivity index (χ1) is 11.0. The largest absolute Gasteiger partial charge is 0.454 e. The Morgan fingerprint density at radius 2 is 1.96 bits per heavy atom. The van der Waals surface area contributed by atoms with Crippen LogP contribution in [0.4, 0.5) is 0 Å². The van der Waals surface area contributed by atoms with Crippen molar-refractivity contribution in [2.75, 3.05) is 33.0 Å². The summed E-state index contributed by atoms with van der Waals surface area (Å²) in [4.78, 5) is 2.45. The van der Waals surface area contributed by atoms with Crippen LogP contribution in [0, 0.1) is 0 Å². The minimum atomic E-state index is 0.311. The molecule has 0 unspecified atom stereocenters. The molecule has 7 heteroatoms. The second-order valence-electron chi connectivity index (χ2n) is 5.72. The molecule has 1 fully saturated rings. The number of amidine groups is 1. The number of nitrogens with two attached hydrogens (primary N) is 2. The fraction of sp³-hybridized carbons (Fsp3) is 0.438. The van der Waals surface area contributed by atoms with Gasteiger partial charge >= 0.3 is 5.17 Å². The Labute approximate surface area is 140 Å². The summed E-state index contributed by atoms with van der Waals surface area (Å²) < 4.78 is 13.0. The first-order valence-electron chi connectivity index (χ1n) is 7.68. The van der Waals surface area contributed by atoms with Crippen LogP contribution in [-0.4, -0.2) is 47.6 Å². The molecule has 1 aromatic rings. The number of benzene rings is 1. The quantitative estimate of drug-likeness (QED) is 0.640.